The van der Waals surface area contributed by atoms with Gasteiger partial charge in [-0.25, -0.2) is 9.18 Å². The van der Waals surface area contributed by atoms with Crippen LogP contribution in [0.15, 0.2) is 12.1 Å². The van der Waals surface area contributed by atoms with Crippen LogP contribution in [0.5, 0.6) is 5.75 Å². The number of ether oxygens (including phenoxy) is 1. The highest BCUT2D eigenvalue weighted by Gasteiger charge is 2.14. The summed E-state index contributed by atoms with van der Waals surface area (Å²) in [5, 5.41) is 8.69. The van der Waals surface area contributed by atoms with E-state index in [1.165, 1.54) is 0 Å². The van der Waals surface area contributed by atoms with Crippen molar-refractivity contribution in [3.8, 4) is 5.75 Å². The van der Waals surface area contributed by atoms with Crippen molar-refractivity contribution < 1.29 is 19.0 Å². The van der Waals surface area contributed by atoms with Crippen LogP contribution in [0.4, 0.5) is 10.1 Å². The van der Waals surface area contributed by atoms with Crippen LogP contribution >= 0.6 is 0 Å². The van der Waals surface area contributed by atoms with Gasteiger partial charge in [-0.15, -0.1) is 0 Å². The van der Waals surface area contributed by atoms with E-state index >= 15 is 0 Å². The maximum atomic E-state index is 13.4. The van der Waals surface area contributed by atoms with Crippen LogP contribution in [0.3, 0.4) is 0 Å². The predicted octanol–water partition coefficient (Wildman–Crippen LogP) is 2.53. The number of nitrogens with two attached hydrogens (primary N) is 1. The summed E-state index contributed by atoms with van der Waals surface area (Å²) < 4.78 is 18.7. The van der Waals surface area contributed by atoms with Gasteiger partial charge in [-0.05, 0) is 18.4 Å². The molecule has 0 saturated heterocycles. The van der Waals surface area contributed by atoms with Crippen molar-refractivity contribution >= 4 is 11.7 Å². The molecule has 0 aliphatic carbocycles. The molecule has 0 aliphatic rings. The molecule has 4 nitrogen and oxygen atoms in total. The van der Waals surface area contributed by atoms with Gasteiger partial charge in [0.25, 0.3) is 0 Å². The van der Waals surface area contributed by atoms with E-state index in [-0.39, 0.29) is 11.4 Å². The molecule has 1 aromatic carbocycles. The Labute approximate surface area is 99.2 Å². The monoisotopic (exact) mass is 241 g/mol. The van der Waals surface area contributed by atoms with Gasteiger partial charge in [-0.2, -0.15) is 0 Å². The Balaban J connectivity index is 2.81. The van der Waals surface area contributed by atoms with E-state index < -0.39 is 17.3 Å². The first kappa shape index (κ1) is 13.3. The molecule has 0 aromatic heterocycles. The van der Waals surface area contributed by atoms with Crippen molar-refractivity contribution in [2.75, 3.05) is 12.3 Å². The van der Waals surface area contributed by atoms with Crippen LogP contribution in [-0.2, 0) is 0 Å². The first-order valence-corrected chi connectivity index (χ1v) is 5.37. The highest BCUT2D eigenvalue weighted by Crippen LogP contribution is 2.25. The third-order valence-corrected chi connectivity index (χ3v) is 2.28. The lowest BCUT2D eigenvalue weighted by Gasteiger charge is -2.11. The Morgan fingerprint density at radius 3 is 2.71 bits per heavy atom. The summed E-state index contributed by atoms with van der Waals surface area (Å²) >= 11 is 0. The molecule has 0 radical (unpaired) electrons. The Kier molecular flexibility index (Phi) is 4.31. The molecular weight excluding hydrogens is 225 g/mol. The van der Waals surface area contributed by atoms with Crippen LogP contribution in [0.2, 0.25) is 0 Å². The topological polar surface area (TPSA) is 72.5 Å². The van der Waals surface area contributed by atoms with E-state index in [4.69, 9.17) is 15.6 Å². The average molecular weight is 241 g/mol. The Morgan fingerprint density at radius 2 is 2.18 bits per heavy atom. The molecular formula is C12H16FNO3. The second kappa shape index (κ2) is 5.52. The van der Waals surface area contributed by atoms with Crippen molar-refractivity contribution in [3.63, 3.8) is 0 Å². The summed E-state index contributed by atoms with van der Waals surface area (Å²) in [4.78, 5) is 10.7. The molecule has 0 bridgehead atoms. The molecule has 0 amide bonds. The van der Waals surface area contributed by atoms with Crippen LogP contribution in [0.1, 0.15) is 30.6 Å². The predicted molar refractivity (Wildman–Crippen MR) is 62.7 cm³/mol. The van der Waals surface area contributed by atoms with Gasteiger partial charge in [0.15, 0.2) is 0 Å². The Morgan fingerprint density at radius 1 is 1.53 bits per heavy atom. The van der Waals surface area contributed by atoms with Gasteiger partial charge in [0.2, 0.25) is 0 Å². The number of hydrogen-bond donors (Lipinski definition) is 2. The molecule has 0 unspecified atom stereocenters. The molecule has 0 heterocycles. The number of carboxylic acids is 1. The number of halogens is 1. The summed E-state index contributed by atoms with van der Waals surface area (Å²) in [7, 11) is 0. The van der Waals surface area contributed by atoms with E-state index in [9.17, 15) is 9.18 Å². The summed E-state index contributed by atoms with van der Waals surface area (Å²) in [6.45, 7) is 4.51. The fraction of sp³-hybridized carbons (Fsp3) is 0.417. The third kappa shape index (κ3) is 3.62. The smallest absolute Gasteiger partial charge is 0.338 e. The van der Waals surface area contributed by atoms with Crippen molar-refractivity contribution in [2.24, 2.45) is 5.92 Å². The zero-order chi connectivity index (χ0) is 13.0. The molecule has 0 saturated carbocycles. The summed E-state index contributed by atoms with van der Waals surface area (Å²) in [6, 6.07) is 2.08. The number of carboxylic acid groups (broad SMARTS) is 1. The maximum absolute atomic E-state index is 13.4. The van der Waals surface area contributed by atoms with Crippen LogP contribution < -0.4 is 10.5 Å². The fourth-order valence-electron chi connectivity index (χ4n) is 1.27. The highest BCUT2D eigenvalue weighted by atomic mass is 19.1. The summed E-state index contributed by atoms with van der Waals surface area (Å²) in [5.41, 5.74) is 5.28. The van der Waals surface area contributed by atoms with E-state index in [1.54, 1.807) is 0 Å². The van der Waals surface area contributed by atoms with Crippen molar-refractivity contribution in [1.29, 1.82) is 0 Å². The molecule has 1 aromatic rings. The van der Waals surface area contributed by atoms with E-state index in [0.29, 0.717) is 12.5 Å². The molecule has 0 spiro atoms. The third-order valence-electron chi connectivity index (χ3n) is 2.28. The number of nitrogen functional groups attached to an aromatic ring is 1. The molecule has 0 fully saturated rings. The minimum Gasteiger partial charge on any atom is -0.491 e. The number of rotatable bonds is 5. The molecule has 94 valence electrons. The van der Waals surface area contributed by atoms with Gasteiger partial charge in [-0.1, -0.05) is 13.8 Å². The molecule has 5 heteroatoms. The first-order valence-electron chi connectivity index (χ1n) is 5.37. The lowest BCUT2D eigenvalue weighted by Crippen LogP contribution is -2.07. The van der Waals surface area contributed by atoms with Gasteiger partial charge >= 0.3 is 5.97 Å². The zero-order valence-corrected chi connectivity index (χ0v) is 9.87. The quantitative estimate of drug-likeness (QED) is 0.777. The standard InChI is InChI=1S/C12H16FNO3/c1-7(2)3-4-17-11-6-9(13)8(12(15)16)5-10(11)14/h5-7H,3-4,14H2,1-2H3,(H,15,16). The average Bonchev–Trinajstić information content (AvgIpc) is 2.21. The maximum Gasteiger partial charge on any atom is 0.338 e. The fourth-order valence-corrected chi connectivity index (χ4v) is 1.27. The molecule has 0 atom stereocenters. The highest BCUT2D eigenvalue weighted by molar-refractivity contribution is 5.89. The van der Waals surface area contributed by atoms with Crippen molar-refractivity contribution in [3.05, 3.63) is 23.5 Å². The normalized spacial score (nSPS) is 10.6. The number of benzene rings is 1. The number of carbonyl (C=O) groups is 1. The van der Waals surface area contributed by atoms with Gasteiger partial charge in [0.05, 0.1) is 17.9 Å². The van der Waals surface area contributed by atoms with Crippen LogP contribution in [0.25, 0.3) is 0 Å². The van der Waals surface area contributed by atoms with Gasteiger partial charge in [0.1, 0.15) is 11.6 Å². The Bertz CT molecular complexity index is 418. The largest absolute Gasteiger partial charge is 0.491 e. The van der Waals surface area contributed by atoms with Crippen molar-refractivity contribution in [1.82, 2.24) is 0 Å². The lowest BCUT2D eigenvalue weighted by atomic mass is 10.1. The molecule has 3 N–H and O–H groups in total. The van der Waals surface area contributed by atoms with Crippen LogP contribution in [0, 0.1) is 11.7 Å². The van der Waals surface area contributed by atoms with Gasteiger partial charge in [0, 0.05) is 6.07 Å². The second-order valence-electron chi connectivity index (χ2n) is 4.21. The minimum absolute atomic E-state index is 0.132. The minimum atomic E-state index is -1.34. The first-order chi connectivity index (χ1) is 7.91. The Hall–Kier alpha value is -1.78. The number of aromatic carboxylic acids is 1. The van der Waals surface area contributed by atoms with E-state index in [0.717, 1.165) is 18.6 Å². The zero-order valence-electron chi connectivity index (χ0n) is 9.87. The number of hydrogen-bond acceptors (Lipinski definition) is 3. The van der Waals surface area contributed by atoms with Crippen molar-refractivity contribution in [2.45, 2.75) is 20.3 Å². The van der Waals surface area contributed by atoms with E-state index in [1.807, 2.05) is 13.8 Å². The van der Waals surface area contributed by atoms with Gasteiger partial charge in [-0.3, -0.25) is 0 Å². The molecule has 0 aliphatic heterocycles. The summed E-state index contributed by atoms with van der Waals surface area (Å²) in [6.07, 6.45) is 0.821. The molecule has 1 rings (SSSR count). The van der Waals surface area contributed by atoms with Crippen LogP contribution in [-0.4, -0.2) is 17.7 Å². The van der Waals surface area contributed by atoms with E-state index in [2.05, 4.69) is 0 Å². The lowest BCUT2D eigenvalue weighted by molar-refractivity contribution is 0.0692. The second-order valence-corrected chi connectivity index (χ2v) is 4.21. The molecule has 17 heavy (non-hydrogen) atoms. The number of anilines is 1. The van der Waals surface area contributed by atoms with Gasteiger partial charge < -0.3 is 15.6 Å². The summed E-state index contributed by atoms with van der Waals surface area (Å²) in [5.74, 6) is -1.53. The SMILES string of the molecule is CC(C)CCOc1cc(F)c(C(=O)O)cc1N.